The zero-order valence-electron chi connectivity index (χ0n) is 16.5. The van der Waals surface area contributed by atoms with Gasteiger partial charge in [-0.15, -0.1) is 0 Å². The third-order valence-corrected chi connectivity index (χ3v) is 5.34. The van der Waals surface area contributed by atoms with Crippen LogP contribution in [0.3, 0.4) is 0 Å². The number of hydrogen-bond acceptors (Lipinski definition) is 7. The average molecular weight is 391 g/mol. The summed E-state index contributed by atoms with van der Waals surface area (Å²) in [5, 5.41) is 38.1. The van der Waals surface area contributed by atoms with Crippen LogP contribution in [-0.2, 0) is 4.74 Å². The minimum absolute atomic E-state index is 0.174. The average Bonchev–Trinajstić information content (AvgIpc) is 3.19. The molecule has 1 aromatic rings. The Morgan fingerprint density at radius 2 is 2.03 bits per heavy atom. The Kier molecular flexibility index (Phi) is 4.95. The Bertz CT molecular complexity index is 967. The maximum absolute atomic E-state index is 12.6. The summed E-state index contributed by atoms with van der Waals surface area (Å²) in [6, 6.07) is 7.71. The maximum Gasteiger partial charge on any atom is 0.410 e. The zero-order valence-corrected chi connectivity index (χ0v) is 16.5. The van der Waals surface area contributed by atoms with Crippen molar-refractivity contribution in [3.8, 4) is 18.2 Å². The number of furan rings is 1. The van der Waals surface area contributed by atoms with E-state index >= 15 is 0 Å². The largest absolute Gasteiger partial charge is 0.472 e. The molecule has 0 aromatic carbocycles. The van der Waals surface area contributed by atoms with Gasteiger partial charge in [0.05, 0.1) is 36.4 Å². The van der Waals surface area contributed by atoms with E-state index in [1.807, 2.05) is 12.1 Å². The minimum atomic E-state index is -1.83. The van der Waals surface area contributed by atoms with E-state index in [4.69, 9.17) is 14.6 Å². The van der Waals surface area contributed by atoms with Crippen molar-refractivity contribution >= 4 is 11.8 Å². The second-order valence-corrected chi connectivity index (χ2v) is 8.24. The minimum Gasteiger partial charge on any atom is -0.472 e. The quantitative estimate of drug-likeness (QED) is 0.728. The number of carbonyl (C=O) groups is 1. The SMILES string of the molecule is CC(C)(C)OC(=O)N1CC=C2C(C#N)C(=N)C(C#N)(C#N)[C@H](c3ccoc3)[C@@H]2C1. The van der Waals surface area contributed by atoms with Crippen molar-refractivity contribution in [3.63, 3.8) is 0 Å². The molecule has 0 radical (unpaired) electrons. The summed E-state index contributed by atoms with van der Waals surface area (Å²) < 4.78 is 10.6. The molecule has 1 aliphatic heterocycles. The van der Waals surface area contributed by atoms with E-state index in [2.05, 4.69) is 6.07 Å². The number of nitriles is 3. The standard InChI is InChI=1S/C21H21N5O3/c1-20(2,3)29-19(27)26-6-4-14-15(8-22)18(25)21(11-23,12-24)17(16(14)9-26)13-5-7-28-10-13/h4-5,7,10,15-17,25H,6,9H2,1-3H3/t15?,16-,17-/m1/s1. The highest BCUT2D eigenvalue weighted by Crippen LogP contribution is 2.53. The summed E-state index contributed by atoms with van der Waals surface area (Å²) in [7, 11) is 0. The number of nitrogens with one attached hydrogen (secondary N) is 1. The summed E-state index contributed by atoms with van der Waals surface area (Å²) in [4.78, 5) is 14.1. The van der Waals surface area contributed by atoms with Crippen molar-refractivity contribution in [1.29, 1.82) is 21.2 Å². The first-order valence-corrected chi connectivity index (χ1v) is 9.19. The van der Waals surface area contributed by atoms with Gasteiger partial charge in [-0.05, 0) is 38.0 Å². The highest BCUT2D eigenvalue weighted by Gasteiger charge is 2.58. The number of nitrogens with zero attached hydrogens (tertiary/aromatic N) is 4. The number of rotatable bonds is 1. The van der Waals surface area contributed by atoms with E-state index < -0.39 is 34.9 Å². The molecule has 1 N–H and O–H groups in total. The molecule has 0 saturated heterocycles. The first-order valence-electron chi connectivity index (χ1n) is 9.19. The van der Waals surface area contributed by atoms with E-state index in [1.165, 1.54) is 17.4 Å². The van der Waals surface area contributed by atoms with Crippen molar-refractivity contribution in [1.82, 2.24) is 4.90 Å². The molecule has 8 heteroatoms. The molecule has 3 atom stereocenters. The summed E-state index contributed by atoms with van der Waals surface area (Å²) in [6.07, 6.45) is 4.12. The molecule has 1 unspecified atom stereocenters. The number of fused-ring (bicyclic) bond motifs is 1. The molecule has 148 valence electrons. The Labute approximate surface area is 169 Å². The van der Waals surface area contributed by atoms with E-state index in [0.717, 1.165) is 0 Å². The van der Waals surface area contributed by atoms with Gasteiger partial charge < -0.3 is 19.5 Å². The smallest absolute Gasteiger partial charge is 0.410 e. The zero-order chi connectivity index (χ0) is 21.4. The second-order valence-electron chi connectivity index (χ2n) is 8.24. The molecule has 2 aliphatic rings. The van der Waals surface area contributed by atoms with Crippen LogP contribution in [0.2, 0.25) is 0 Å². The van der Waals surface area contributed by atoms with Crippen LogP contribution in [-0.4, -0.2) is 35.4 Å². The van der Waals surface area contributed by atoms with Gasteiger partial charge in [0.2, 0.25) is 0 Å². The first kappa shape index (κ1) is 20.2. The fourth-order valence-electron chi connectivity index (χ4n) is 4.11. The lowest BCUT2D eigenvalue weighted by atomic mass is 9.54. The van der Waals surface area contributed by atoms with Crippen molar-refractivity contribution in [2.24, 2.45) is 17.3 Å². The highest BCUT2D eigenvalue weighted by atomic mass is 16.6. The Morgan fingerprint density at radius 1 is 1.34 bits per heavy atom. The molecular weight excluding hydrogens is 370 g/mol. The third kappa shape index (κ3) is 3.26. The van der Waals surface area contributed by atoms with Gasteiger partial charge in [-0.3, -0.25) is 0 Å². The van der Waals surface area contributed by atoms with Gasteiger partial charge >= 0.3 is 6.09 Å². The second kappa shape index (κ2) is 7.11. The lowest BCUT2D eigenvalue weighted by Gasteiger charge is -2.47. The Balaban J connectivity index is 2.10. The van der Waals surface area contributed by atoms with Crippen molar-refractivity contribution in [3.05, 3.63) is 35.8 Å². The van der Waals surface area contributed by atoms with E-state index in [-0.39, 0.29) is 18.8 Å². The van der Waals surface area contributed by atoms with Crippen LogP contribution in [0.25, 0.3) is 0 Å². The predicted molar refractivity (Wildman–Crippen MR) is 101 cm³/mol. The summed E-state index contributed by atoms with van der Waals surface area (Å²) in [6.45, 7) is 5.72. The van der Waals surface area contributed by atoms with Gasteiger partial charge in [-0.1, -0.05) is 6.08 Å². The lowest BCUT2D eigenvalue weighted by Crippen LogP contribution is -2.54. The molecule has 0 spiro atoms. The number of carbonyl (C=O) groups excluding carboxylic acids is 1. The molecule has 2 heterocycles. The first-order chi connectivity index (χ1) is 13.7. The van der Waals surface area contributed by atoms with Gasteiger partial charge in [0.1, 0.15) is 11.5 Å². The monoisotopic (exact) mass is 391 g/mol. The van der Waals surface area contributed by atoms with Crippen molar-refractivity contribution in [2.45, 2.75) is 32.3 Å². The van der Waals surface area contributed by atoms with Crippen molar-refractivity contribution < 1.29 is 13.9 Å². The summed E-state index contributed by atoms with van der Waals surface area (Å²) >= 11 is 0. The van der Waals surface area contributed by atoms with Gasteiger partial charge in [0.15, 0.2) is 5.41 Å². The molecule has 0 bridgehead atoms. The summed E-state index contributed by atoms with van der Waals surface area (Å²) in [5.74, 6) is -2.22. The van der Waals surface area contributed by atoms with E-state index in [0.29, 0.717) is 11.1 Å². The fraction of sp³-hybridized carbons (Fsp3) is 0.476. The van der Waals surface area contributed by atoms with Gasteiger partial charge in [-0.2, -0.15) is 15.8 Å². The van der Waals surface area contributed by atoms with Crippen LogP contribution >= 0.6 is 0 Å². The molecule has 29 heavy (non-hydrogen) atoms. The van der Waals surface area contributed by atoms with Gasteiger partial charge in [0.25, 0.3) is 0 Å². The normalized spacial score (nSPS) is 25.7. The molecule has 1 saturated carbocycles. The molecule has 8 nitrogen and oxygen atoms in total. The van der Waals surface area contributed by atoms with Gasteiger partial charge in [0, 0.05) is 24.9 Å². The van der Waals surface area contributed by atoms with Gasteiger partial charge in [-0.25, -0.2) is 4.79 Å². The fourth-order valence-corrected chi connectivity index (χ4v) is 4.11. The third-order valence-electron chi connectivity index (χ3n) is 5.34. The van der Waals surface area contributed by atoms with Crippen LogP contribution in [0.15, 0.2) is 34.7 Å². The number of amides is 1. The van der Waals surface area contributed by atoms with Crippen LogP contribution in [0.5, 0.6) is 0 Å². The highest BCUT2D eigenvalue weighted by molar-refractivity contribution is 6.00. The van der Waals surface area contributed by atoms with Crippen LogP contribution < -0.4 is 0 Å². The molecule has 1 amide bonds. The molecule has 1 aromatic heterocycles. The van der Waals surface area contributed by atoms with Crippen LogP contribution in [0.1, 0.15) is 32.3 Å². The summed E-state index contributed by atoms with van der Waals surface area (Å²) in [5.41, 5.74) is -1.49. The number of hydrogen-bond donors (Lipinski definition) is 1. The topological polar surface area (TPSA) is 138 Å². The predicted octanol–water partition coefficient (Wildman–Crippen LogP) is 3.36. The Morgan fingerprint density at radius 3 is 2.55 bits per heavy atom. The lowest BCUT2D eigenvalue weighted by molar-refractivity contribution is 0.0222. The Hall–Kier alpha value is -3.57. The molecule has 3 rings (SSSR count). The molecule has 1 fully saturated rings. The van der Waals surface area contributed by atoms with Crippen molar-refractivity contribution in [2.75, 3.05) is 13.1 Å². The van der Waals surface area contributed by atoms with E-state index in [1.54, 1.807) is 32.9 Å². The van der Waals surface area contributed by atoms with E-state index in [9.17, 15) is 20.6 Å². The molecule has 1 aliphatic carbocycles. The molecular formula is C21H21N5O3. The van der Waals surface area contributed by atoms with Crippen LogP contribution in [0, 0.1) is 56.7 Å². The maximum atomic E-state index is 12.6. The van der Waals surface area contributed by atoms with Crippen LogP contribution in [0.4, 0.5) is 4.79 Å². The number of ether oxygens (including phenoxy) is 1.